The summed E-state index contributed by atoms with van der Waals surface area (Å²) >= 11 is 0. The highest BCUT2D eigenvalue weighted by Gasteiger charge is 2.32. The van der Waals surface area contributed by atoms with Crippen LogP contribution in [0.15, 0.2) is 24.3 Å². The summed E-state index contributed by atoms with van der Waals surface area (Å²) in [6, 6.07) is 4.97. The Balaban J connectivity index is 2.97. The molecule has 4 N–H and O–H groups in total. The van der Waals surface area contributed by atoms with Crippen LogP contribution in [0.3, 0.4) is 0 Å². The molecule has 0 fully saturated rings. The first-order valence-corrected chi connectivity index (χ1v) is 4.56. The highest BCUT2D eigenvalue weighted by molar-refractivity contribution is 5.30. The summed E-state index contributed by atoms with van der Waals surface area (Å²) in [6.45, 7) is 0.173. The predicted octanol–water partition coefficient (Wildman–Crippen LogP) is 1.53. The molecule has 0 aliphatic rings. The van der Waals surface area contributed by atoms with Crippen molar-refractivity contribution in [2.45, 2.75) is 18.6 Å². The van der Waals surface area contributed by atoms with Gasteiger partial charge in [-0.1, -0.05) is 18.2 Å². The van der Waals surface area contributed by atoms with E-state index in [0.29, 0.717) is 0 Å². The Morgan fingerprint density at radius 2 is 1.80 bits per heavy atom. The van der Waals surface area contributed by atoms with Crippen molar-refractivity contribution >= 4 is 0 Å². The molecule has 0 amide bonds. The average Bonchev–Trinajstić information content (AvgIpc) is 2.17. The largest absolute Gasteiger partial charge is 0.416 e. The molecule has 0 aliphatic heterocycles. The maximum absolute atomic E-state index is 12.5. The van der Waals surface area contributed by atoms with Crippen LogP contribution in [0, 0.1) is 0 Å². The van der Waals surface area contributed by atoms with Crippen LogP contribution in [0.25, 0.3) is 0 Å². The lowest BCUT2D eigenvalue weighted by Gasteiger charge is -2.15. The molecule has 1 aromatic carbocycles. The van der Waals surface area contributed by atoms with Crippen molar-refractivity contribution in [2.24, 2.45) is 11.5 Å². The fourth-order valence-electron chi connectivity index (χ4n) is 1.34. The zero-order valence-corrected chi connectivity index (χ0v) is 8.09. The minimum atomic E-state index is -4.33. The van der Waals surface area contributed by atoms with Crippen LogP contribution < -0.4 is 11.5 Å². The first-order chi connectivity index (χ1) is 6.95. The van der Waals surface area contributed by atoms with Gasteiger partial charge in [0.1, 0.15) is 0 Å². The minimum Gasteiger partial charge on any atom is -0.329 e. The zero-order valence-electron chi connectivity index (χ0n) is 8.09. The van der Waals surface area contributed by atoms with Crippen LogP contribution in [0.4, 0.5) is 13.2 Å². The molecule has 5 heteroatoms. The van der Waals surface area contributed by atoms with E-state index < -0.39 is 17.8 Å². The van der Waals surface area contributed by atoms with Crippen molar-refractivity contribution in [1.82, 2.24) is 0 Å². The number of alkyl halides is 3. The van der Waals surface area contributed by atoms with Crippen molar-refractivity contribution in [3.8, 4) is 0 Å². The van der Waals surface area contributed by atoms with Crippen LogP contribution in [-0.4, -0.2) is 12.6 Å². The fourth-order valence-corrected chi connectivity index (χ4v) is 1.34. The Hall–Kier alpha value is -1.07. The monoisotopic (exact) mass is 218 g/mol. The average molecular weight is 218 g/mol. The SMILES string of the molecule is NC[C@@H](N)Cc1ccccc1C(F)(F)F. The molecule has 0 saturated heterocycles. The Bertz CT molecular complexity index is 323. The molecule has 0 saturated carbocycles. The van der Waals surface area contributed by atoms with Crippen LogP contribution >= 0.6 is 0 Å². The number of benzene rings is 1. The van der Waals surface area contributed by atoms with Crippen molar-refractivity contribution < 1.29 is 13.2 Å². The summed E-state index contributed by atoms with van der Waals surface area (Å²) in [6.07, 6.45) is -4.18. The molecule has 0 spiro atoms. The van der Waals surface area contributed by atoms with Gasteiger partial charge in [0.25, 0.3) is 0 Å². The van der Waals surface area contributed by atoms with E-state index in [-0.39, 0.29) is 18.5 Å². The Morgan fingerprint density at radius 1 is 1.20 bits per heavy atom. The Kier molecular flexibility index (Phi) is 3.71. The van der Waals surface area contributed by atoms with Gasteiger partial charge in [-0.25, -0.2) is 0 Å². The van der Waals surface area contributed by atoms with Gasteiger partial charge in [0.2, 0.25) is 0 Å². The van der Waals surface area contributed by atoms with Crippen LogP contribution in [0.1, 0.15) is 11.1 Å². The summed E-state index contributed by atoms with van der Waals surface area (Å²) in [4.78, 5) is 0. The topological polar surface area (TPSA) is 52.0 Å². The molecule has 1 atom stereocenters. The summed E-state index contributed by atoms with van der Waals surface area (Å²) in [5.74, 6) is 0. The first kappa shape index (κ1) is 12.0. The van der Waals surface area contributed by atoms with Gasteiger partial charge in [0.05, 0.1) is 5.56 Å². The lowest BCUT2D eigenvalue weighted by Crippen LogP contribution is -2.32. The zero-order chi connectivity index (χ0) is 11.5. The molecule has 15 heavy (non-hydrogen) atoms. The molecular weight excluding hydrogens is 205 g/mol. The molecule has 0 unspecified atom stereocenters. The van der Waals surface area contributed by atoms with Gasteiger partial charge in [-0.2, -0.15) is 13.2 Å². The second-order valence-electron chi connectivity index (χ2n) is 3.35. The molecule has 2 nitrogen and oxygen atoms in total. The molecule has 0 aromatic heterocycles. The number of hydrogen-bond acceptors (Lipinski definition) is 2. The summed E-state index contributed by atoms with van der Waals surface area (Å²) in [5.41, 5.74) is 10.4. The third kappa shape index (κ3) is 3.21. The number of rotatable bonds is 3. The smallest absolute Gasteiger partial charge is 0.329 e. The van der Waals surface area contributed by atoms with E-state index in [2.05, 4.69) is 0 Å². The molecular formula is C10H13F3N2. The Morgan fingerprint density at radius 3 is 2.33 bits per heavy atom. The third-order valence-corrected chi connectivity index (χ3v) is 2.11. The molecule has 0 aliphatic carbocycles. The quantitative estimate of drug-likeness (QED) is 0.808. The van der Waals surface area contributed by atoms with E-state index in [4.69, 9.17) is 11.5 Å². The van der Waals surface area contributed by atoms with Crippen molar-refractivity contribution in [3.63, 3.8) is 0 Å². The second kappa shape index (κ2) is 4.63. The van der Waals surface area contributed by atoms with E-state index in [1.54, 1.807) is 6.07 Å². The lowest BCUT2D eigenvalue weighted by molar-refractivity contribution is -0.138. The van der Waals surface area contributed by atoms with Crippen LogP contribution in [0.2, 0.25) is 0 Å². The molecule has 0 radical (unpaired) electrons. The van der Waals surface area contributed by atoms with Gasteiger partial charge >= 0.3 is 6.18 Å². The van der Waals surface area contributed by atoms with E-state index in [1.807, 2.05) is 0 Å². The van der Waals surface area contributed by atoms with Gasteiger partial charge in [-0.15, -0.1) is 0 Å². The summed E-state index contributed by atoms with van der Waals surface area (Å²) in [5, 5.41) is 0. The number of halogens is 3. The lowest BCUT2D eigenvalue weighted by atomic mass is 10.0. The van der Waals surface area contributed by atoms with Gasteiger partial charge < -0.3 is 11.5 Å². The normalized spacial score (nSPS) is 13.9. The van der Waals surface area contributed by atoms with E-state index in [0.717, 1.165) is 6.07 Å². The van der Waals surface area contributed by atoms with Crippen LogP contribution in [0.5, 0.6) is 0 Å². The van der Waals surface area contributed by atoms with Crippen molar-refractivity contribution in [2.75, 3.05) is 6.54 Å². The van der Waals surface area contributed by atoms with Crippen molar-refractivity contribution in [1.29, 1.82) is 0 Å². The van der Waals surface area contributed by atoms with E-state index in [9.17, 15) is 13.2 Å². The van der Waals surface area contributed by atoms with Gasteiger partial charge in [0, 0.05) is 12.6 Å². The highest BCUT2D eigenvalue weighted by atomic mass is 19.4. The third-order valence-electron chi connectivity index (χ3n) is 2.11. The molecule has 0 heterocycles. The maximum atomic E-state index is 12.5. The number of hydrogen-bond donors (Lipinski definition) is 2. The fraction of sp³-hybridized carbons (Fsp3) is 0.400. The molecule has 1 rings (SSSR count). The molecule has 0 bridgehead atoms. The standard InChI is InChI=1S/C10H13F3N2/c11-10(12,13)9-4-2-1-3-7(9)5-8(15)6-14/h1-4,8H,5-6,14-15H2/t8-/m0/s1. The highest BCUT2D eigenvalue weighted by Crippen LogP contribution is 2.32. The Labute approximate surface area is 86.1 Å². The maximum Gasteiger partial charge on any atom is 0.416 e. The van der Waals surface area contributed by atoms with Crippen molar-refractivity contribution in [3.05, 3.63) is 35.4 Å². The second-order valence-corrected chi connectivity index (χ2v) is 3.35. The molecule has 1 aromatic rings. The van der Waals surface area contributed by atoms with Gasteiger partial charge in [0.15, 0.2) is 0 Å². The molecule has 84 valence electrons. The van der Waals surface area contributed by atoms with Gasteiger partial charge in [-0.3, -0.25) is 0 Å². The summed E-state index contributed by atoms with van der Waals surface area (Å²) in [7, 11) is 0. The number of nitrogens with two attached hydrogens (primary N) is 2. The van der Waals surface area contributed by atoms with Gasteiger partial charge in [-0.05, 0) is 18.1 Å². The predicted molar refractivity (Wildman–Crippen MR) is 52.2 cm³/mol. The van der Waals surface area contributed by atoms with E-state index >= 15 is 0 Å². The minimum absolute atomic E-state index is 0.145. The summed E-state index contributed by atoms with van der Waals surface area (Å²) < 4.78 is 37.6. The van der Waals surface area contributed by atoms with E-state index in [1.165, 1.54) is 12.1 Å². The first-order valence-electron chi connectivity index (χ1n) is 4.56. The van der Waals surface area contributed by atoms with Crippen LogP contribution in [-0.2, 0) is 12.6 Å².